The molecule has 0 atom stereocenters. The van der Waals surface area contributed by atoms with E-state index in [1.807, 2.05) is 6.07 Å². The van der Waals surface area contributed by atoms with E-state index >= 15 is 0 Å². The molecule has 0 aliphatic carbocycles. The third kappa shape index (κ3) is 2.85. The van der Waals surface area contributed by atoms with E-state index in [4.69, 9.17) is 21.1 Å². The highest BCUT2D eigenvalue weighted by atomic mass is 35.5. The van der Waals surface area contributed by atoms with Gasteiger partial charge in [-0.3, -0.25) is 10.1 Å². The van der Waals surface area contributed by atoms with Crippen LogP contribution in [-0.2, 0) is 0 Å². The molecule has 0 fully saturated rings. The Morgan fingerprint density at radius 3 is 2.57 bits per heavy atom. The fourth-order valence-corrected chi connectivity index (χ4v) is 2.22. The summed E-state index contributed by atoms with van der Waals surface area (Å²) in [4.78, 5) is 10.2. The Bertz CT molecular complexity index is 705. The zero-order chi connectivity index (χ0) is 14.8. The normalized spacial score (nSPS) is 12.8. The molecule has 0 spiro atoms. The van der Waals surface area contributed by atoms with Crippen LogP contribution in [0.3, 0.4) is 0 Å². The maximum absolute atomic E-state index is 10.7. The summed E-state index contributed by atoms with van der Waals surface area (Å²) >= 11 is 6.04. The number of hydrogen-bond acceptors (Lipinski definition) is 5. The zero-order valence-corrected chi connectivity index (χ0v) is 11.6. The summed E-state index contributed by atoms with van der Waals surface area (Å²) in [6.45, 7) is 1.04. The van der Waals surface area contributed by atoms with Crippen molar-refractivity contribution in [2.75, 3.05) is 18.5 Å². The molecular weight excluding hydrogens is 296 g/mol. The maximum atomic E-state index is 10.7. The Hall–Kier alpha value is -2.47. The van der Waals surface area contributed by atoms with E-state index in [-0.39, 0.29) is 10.7 Å². The van der Waals surface area contributed by atoms with Crippen LogP contribution in [0, 0.1) is 10.1 Å². The van der Waals surface area contributed by atoms with Gasteiger partial charge in [0.15, 0.2) is 11.5 Å². The average Bonchev–Trinajstić information content (AvgIpc) is 2.49. The van der Waals surface area contributed by atoms with Gasteiger partial charge in [-0.25, -0.2) is 0 Å². The lowest BCUT2D eigenvalue weighted by Crippen LogP contribution is -2.15. The van der Waals surface area contributed by atoms with Gasteiger partial charge in [-0.05, 0) is 18.2 Å². The van der Waals surface area contributed by atoms with Crippen LogP contribution in [0.1, 0.15) is 0 Å². The summed E-state index contributed by atoms with van der Waals surface area (Å²) in [6, 6.07) is 9.69. The number of ether oxygens (including phenoxy) is 2. The smallest absolute Gasteiger partial charge is 0.271 e. The maximum Gasteiger partial charge on any atom is 0.271 e. The standard InChI is InChI=1S/C14H11ClN2O4/c15-11-8-10(17(18)19)2-3-12(11)16-9-1-4-13-14(7-9)21-6-5-20-13/h1-4,7-8,16H,5-6H2. The average molecular weight is 307 g/mol. The van der Waals surface area contributed by atoms with Crippen molar-refractivity contribution in [1.82, 2.24) is 0 Å². The van der Waals surface area contributed by atoms with E-state index in [2.05, 4.69) is 5.32 Å². The summed E-state index contributed by atoms with van der Waals surface area (Å²) < 4.78 is 10.9. The number of halogens is 1. The number of fused-ring (bicyclic) bond motifs is 1. The number of benzene rings is 2. The SMILES string of the molecule is O=[N+]([O-])c1ccc(Nc2ccc3c(c2)OCCO3)c(Cl)c1. The second-order valence-corrected chi connectivity index (χ2v) is 4.81. The highest BCUT2D eigenvalue weighted by Crippen LogP contribution is 2.35. The van der Waals surface area contributed by atoms with E-state index in [1.54, 1.807) is 18.2 Å². The quantitative estimate of drug-likeness (QED) is 0.690. The molecule has 1 N–H and O–H groups in total. The molecule has 0 bridgehead atoms. The first kappa shape index (κ1) is 13.5. The van der Waals surface area contributed by atoms with Crippen LogP contribution in [0.4, 0.5) is 17.1 Å². The van der Waals surface area contributed by atoms with Crippen LogP contribution in [0.5, 0.6) is 11.5 Å². The molecule has 1 heterocycles. The highest BCUT2D eigenvalue weighted by Gasteiger charge is 2.13. The van der Waals surface area contributed by atoms with Crippen molar-refractivity contribution >= 4 is 28.7 Å². The van der Waals surface area contributed by atoms with Crippen molar-refractivity contribution in [2.24, 2.45) is 0 Å². The minimum absolute atomic E-state index is 0.0484. The molecule has 0 unspecified atom stereocenters. The van der Waals surface area contributed by atoms with Gasteiger partial charge in [0.2, 0.25) is 0 Å². The summed E-state index contributed by atoms with van der Waals surface area (Å²) in [6.07, 6.45) is 0. The fraction of sp³-hybridized carbons (Fsp3) is 0.143. The number of non-ortho nitro benzene ring substituents is 1. The Morgan fingerprint density at radius 2 is 1.86 bits per heavy atom. The van der Waals surface area contributed by atoms with Gasteiger partial charge in [0.05, 0.1) is 15.6 Å². The van der Waals surface area contributed by atoms with Gasteiger partial charge in [-0.1, -0.05) is 11.6 Å². The summed E-state index contributed by atoms with van der Waals surface area (Å²) in [5.41, 5.74) is 1.29. The highest BCUT2D eigenvalue weighted by molar-refractivity contribution is 6.33. The molecule has 0 saturated carbocycles. The number of rotatable bonds is 3. The third-order valence-electron chi connectivity index (χ3n) is 2.98. The number of anilines is 2. The largest absolute Gasteiger partial charge is 0.486 e. The van der Waals surface area contributed by atoms with E-state index in [0.717, 1.165) is 5.69 Å². The summed E-state index contributed by atoms with van der Waals surface area (Å²) in [5.74, 6) is 1.35. The van der Waals surface area contributed by atoms with E-state index in [9.17, 15) is 10.1 Å². The lowest BCUT2D eigenvalue weighted by atomic mass is 10.2. The van der Waals surface area contributed by atoms with Crippen LogP contribution in [0.15, 0.2) is 36.4 Å². The predicted molar refractivity (Wildman–Crippen MR) is 78.8 cm³/mol. The Morgan fingerprint density at radius 1 is 1.10 bits per heavy atom. The molecule has 0 radical (unpaired) electrons. The Kier molecular flexibility index (Phi) is 3.53. The second-order valence-electron chi connectivity index (χ2n) is 4.40. The fourth-order valence-electron chi connectivity index (χ4n) is 2.00. The van der Waals surface area contributed by atoms with Gasteiger partial charge in [0.25, 0.3) is 5.69 Å². The molecule has 1 aliphatic rings. The molecule has 7 heteroatoms. The molecule has 3 rings (SSSR count). The summed E-state index contributed by atoms with van der Waals surface area (Å²) in [5, 5.41) is 14.1. The van der Waals surface area contributed by atoms with Crippen molar-refractivity contribution in [2.45, 2.75) is 0 Å². The molecule has 0 aromatic heterocycles. The molecule has 2 aromatic carbocycles. The number of nitrogens with one attached hydrogen (secondary N) is 1. The van der Waals surface area contributed by atoms with Crippen molar-refractivity contribution in [1.29, 1.82) is 0 Å². The molecule has 21 heavy (non-hydrogen) atoms. The molecule has 2 aromatic rings. The van der Waals surface area contributed by atoms with Gasteiger partial charge in [0, 0.05) is 23.9 Å². The van der Waals surface area contributed by atoms with Gasteiger partial charge in [-0.15, -0.1) is 0 Å². The topological polar surface area (TPSA) is 73.6 Å². The van der Waals surface area contributed by atoms with Crippen LogP contribution >= 0.6 is 11.6 Å². The number of nitro groups is 1. The van der Waals surface area contributed by atoms with E-state index < -0.39 is 4.92 Å². The Balaban J connectivity index is 1.85. The van der Waals surface area contributed by atoms with Gasteiger partial charge in [0.1, 0.15) is 13.2 Å². The summed E-state index contributed by atoms with van der Waals surface area (Å²) in [7, 11) is 0. The van der Waals surface area contributed by atoms with Crippen LogP contribution in [0.25, 0.3) is 0 Å². The van der Waals surface area contributed by atoms with E-state index in [1.165, 1.54) is 12.1 Å². The molecular formula is C14H11ClN2O4. The van der Waals surface area contributed by atoms with Crippen LogP contribution in [0.2, 0.25) is 5.02 Å². The van der Waals surface area contributed by atoms with Crippen molar-refractivity contribution in [3.05, 3.63) is 51.5 Å². The lowest BCUT2D eigenvalue weighted by molar-refractivity contribution is -0.384. The first-order chi connectivity index (χ1) is 10.1. The first-order valence-electron chi connectivity index (χ1n) is 6.24. The monoisotopic (exact) mass is 306 g/mol. The first-order valence-corrected chi connectivity index (χ1v) is 6.62. The van der Waals surface area contributed by atoms with Crippen molar-refractivity contribution in [3.8, 4) is 11.5 Å². The van der Waals surface area contributed by atoms with Crippen LogP contribution in [-0.4, -0.2) is 18.1 Å². The van der Waals surface area contributed by atoms with E-state index in [0.29, 0.717) is 30.4 Å². The molecule has 0 amide bonds. The molecule has 6 nitrogen and oxygen atoms in total. The van der Waals surface area contributed by atoms with Crippen molar-refractivity contribution in [3.63, 3.8) is 0 Å². The molecule has 0 saturated heterocycles. The minimum atomic E-state index is -0.486. The molecule has 1 aliphatic heterocycles. The van der Waals surface area contributed by atoms with Gasteiger partial charge < -0.3 is 14.8 Å². The number of nitro benzene ring substituents is 1. The van der Waals surface area contributed by atoms with Gasteiger partial charge >= 0.3 is 0 Å². The van der Waals surface area contributed by atoms with Crippen molar-refractivity contribution < 1.29 is 14.4 Å². The number of hydrogen-bond donors (Lipinski definition) is 1. The lowest BCUT2D eigenvalue weighted by Gasteiger charge is -2.19. The van der Waals surface area contributed by atoms with Crippen LogP contribution < -0.4 is 14.8 Å². The number of nitrogens with zero attached hydrogens (tertiary/aromatic N) is 1. The minimum Gasteiger partial charge on any atom is -0.486 e. The zero-order valence-electron chi connectivity index (χ0n) is 10.8. The predicted octanol–water partition coefficient (Wildman–Crippen LogP) is 3.76. The molecule has 108 valence electrons. The Labute approximate surface area is 125 Å². The third-order valence-corrected chi connectivity index (χ3v) is 3.30. The van der Waals surface area contributed by atoms with Gasteiger partial charge in [-0.2, -0.15) is 0 Å². The second kappa shape index (κ2) is 5.49.